The molecule has 1 unspecified atom stereocenters. The molecule has 0 saturated carbocycles. The molecule has 1 N–H and O–H groups in total. The lowest BCUT2D eigenvalue weighted by Gasteiger charge is -2.14. The highest BCUT2D eigenvalue weighted by Crippen LogP contribution is 2.31. The monoisotopic (exact) mass is 463 g/mol. The van der Waals surface area contributed by atoms with Crippen LogP contribution in [0.25, 0.3) is 10.8 Å². The fourth-order valence-corrected chi connectivity index (χ4v) is 5.03. The van der Waals surface area contributed by atoms with Gasteiger partial charge in [0.1, 0.15) is 5.75 Å². The first-order chi connectivity index (χ1) is 15.5. The van der Waals surface area contributed by atoms with Crippen molar-refractivity contribution >= 4 is 44.9 Å². The first kappa shape index (κ1) is 22.3. The molecule has 1 atom stereocenters. The minimum Gasteiger partial charge on any atom is -0.481 e. The zero-order valence-corrected chi connectivity index (χ0v) is 19.9. The molecule has 4 aromatic rings. The number of amides is 1. The summed E-state index contributed by atoms with van der Waals surface area (Å²) in [6.45, 7) is 6.01. The highest BCUT2D eigenvalue weighted by Gasteiger charge is 2.17. The Kier molecular flexibility index (Phi) is 7.07. The van der Waals surface area contributed by atoms with Gasteiger partial charge in [0.15, 0.2) is 10.4 Å². The highest BCUT2D eigenvalue weighted by molar-refractivity contribution is 8.00. The number of fused-ring (bicyclic) bond motifs is 1. The lowest BCUT2D eigenvalue weighted by molar-refractivity contribution is -0.122. The van der Waals surface area contributed by atoms with Gasteiger partial charge in [-0.15, -0.1) is 10.2 Å². The van der Waals surface area contributed by atoms with Gasteiger partial charge >= 0.3 is 0 Å². The lowest BCUT2D eigenvalue weighted by atomic mass is 10.0. The topological polar surface area (TPSA) is 64.1 Å². The Balaban J connectivity index is 1.32. The van der Waals surface area contributed by atoms with Crippen LogP contribution >= 0.6 is 23.1 Å². The van der Waals surface area contributed by atoms with Crippen molar-refractivity contribution in [2.75, 3.05) is 5.32 Å². The van der Waals surface area contributed by atoms with Crippen LogP contribution in [0, 0.1) is 0 Å². The standard InChI is InChI=1S/C25H25N3O2S2/c1-16(2)18-11-13-21(14-12-18)30-17(3)23(29)26-24-27-28-25(32-24)31-15-20-9-6-8-19-7-4-5-10-22(19)20/h4-14,16-17H,15H2,1-3H3,(H,26,27,29). The van der Waals surface area contributed by atoms with Crippen LogP contribution < -0.4 is 10.1 Å². The van der Waals surface area contributed by atoms with Gasteiger partial charge in [0, 0.05) is 5.75 Å². The molecule has 0 bridgehead atoms. The van der Waals surface area contributed by atoms with Crippen LogP contribution in [0.2, 0.25) is 0 Å². The maximum atomic E-state index is 12.5. The van der Waals surface area contributed by atoms with E-state index >= 15 is 0 Å². The molecule has 0 spiro atoms. The normalized spacial score (nSPS) is 12.1. The fraction of sp³-hybridized carbons (Fsp3) is 0.240. The zero-order valence-electron chi connectivity index (χ0n) is 18.2. The number of carbonyl (C=O) groups excluding carboxylic acids is 1. The highest BCUT2D eigenvalue weighted by atomic mass is 32.2. The molecule has 5 nitrogen and oxygen atoms in total. The van der Waals surface area contributed by atoms with Crippen LogP contribution in [0.1, 0.15) is 37.8 Å². The molecule has 7 heteroatoms. The second-order valence-corrected chi connectivity index (χ2v) is 9.97. The van der Waals surface area contributed by atoms with E-state index in [2.05, 4.69) is 65.8 Å². The third-order valence-corrected chi connectivity index (χ3v) is 7.12. The summed E-state index contributed by atoms with van der Waals surface area (Å²) in [7, 11) is 0. The molecule has 0 saturated heterocycles. The SMILES string of the molecule is CC(Oc1ccc(C(C)C)cc1)C(=O)Nc1nnc(SCc2cccc3ccccc23)s1. The van der Waals surface area contributed by atoms with Gasteiger partial charge in [0.2, 0.25) is 5.13 Å². The average molecular weight is 464 g/mol. The Labute approximate surface area is 196 Å². The average Bonchev–Trinajstić information content (AvgIpc) is 3.25. The van der Waals surface area contributed by atoms with Crippen molar-refractivity contribution in [3.05, 3.63) is 77.9 Å². The van der Waals surface area contributed by atoms with E-state index in [-0.39, 0.29) is 5.91 Å². The van der Waals surface area contributed by atoms with Crippen LogP contribution in [-0.2, 0) is 10.5 Å². The van der Waals surface area contributed by atoms with Crippen molar-refractivity contribution < 1.29 is 9.53 Å². The third-order valence-electron chi connectivity index (χ3n) is 5.10. The number of carbonyl (C=O) groups is 1. The van der Waals surface area contributed by atoms with E-state index in [1.807, 2.05) is 30.3 Å². The molecule has 0 radical (unpaired) electrons. The minimum absolute atomic E-state index is 0.250. The van der Waals surface area contributed by atoms with Crippen molar-refractivity contribution in [2.45, 2.75) is 42.9 Å². The van der Waals surface area contributed by atoms with Gasteiger partial charge in [0.05, 0.1) is 0 Å². The number of nitrogens with zero attached hydrogens (tertiary/aromatic N) is 2. The number of anilines is 1. The van der Waals surface area contributed by atoms with Crippen LogP contribution in [0.4, 0.5) is 5.13 Å². The van der Waals surface area contributed by atoms with E-state index in [0.29, 0.717) is 16.8 Å². The first-order valence-corrected chi connectivity index (χ1v) is 12.3. The van der Waals surface area contributed by atoms with E-state index < -0.39 is 6.10 Å². The largest absolute Gasteiger partial charge is 0.481 e. The molecular weight excluding hydrogens is 438 g/mol. The van der Waals surface area contributed by atoms with Crippen molar-refractivity contribution in [1.29, 1.82) is 0 Å². The summed E-state index contributed by atoms with van der Waals surface area (Å²) < 4.78 is 6.59. The van der Waals surface area contributed by atoms with Gasteiger partial charge in [-0.3, -0.25) is 10.1 Å². The number of nitrogens with one attached hydrogen (secondary N) is 1. The second kappa shape index (κ2) is 10.1. The van der Waals surface area contributed by atoms with Gasteiger partial charge in [-0.1, -0.05) is 91.5 Å². The third kappa shape index (κ3) is 5.47. The molecule has 1 aromatic heterocycles. The molecule has 4 rings (SSSR count). The van der Waals surface area contributed by atoms with Crippen LogP contribution in [0.5, 0.6) is 5.75 Å². The van der Waals surface area contributed by atoms with Crippen LogP contribution in [0.15, 0.2) is 71.1 Å². The summed E-state index contributed by atoms with van der Waals surface area (Å²) >= 11 is 2.98. The van der Waals surface area contributed by atoms with Gasteiger partial charge in [-0.2, -0.15) is 0 Å². The van der Waals surface area contributed by atoms with Crippen molar-refractivity contribution in [3.8, 4) is 5.75 Å². The van der Waals surface area contributed by atoms with Crippen LogP contribution in [0.3, 0.4) is 0 Å². The summed E-state index contributed by atoms with van der Waals surface area (Å²) in [5.74, 6) is 1.66. The Morgan fingerprint density at radius 2 is 1.75 bits per heavy atom. The Morgan fingerprint density at radius 3 is 2.53 bits per heavy atom. The van der Waals surface area contributed by atoms with E-state index in [1.54, 1.807) is 18.7 Å². The maximum Gasteiger partial charge on any atom is 0.266 e. The summed E-state index contributed by atoms with van der Waals surface area (Å²) in [6, 6.07) is 22.5. The second-order valence-electron chi connectivity index (χ2n) is 7.77. The number of aromatic nitrogens is 2. The Bertz CT molecular complexity index is 1200. The molecule has 164 valence electrons. The van der Waals surface area contributed by atoms with Gasteiger partial charge in [-0.05, 0) is 46.9 Å². The molecule has 1 heterocycles. The number of thioether (sulfide) groups is 1. The summed E-state index contributed by atoms with van der Waals surface area (Å²) in [5, 5.41) is 14.1. The number of benzene rings is 3. The summed E-state index contributed by atoms with van der Waals surface area (Å²) in [6.07, 6.45) is -0.643. The molecule has 3 aromatic carbocycles. The predicted octanol–water partition coefficient (Wildman–Crippen LogP) is 6.51. The summed E-state index contributed by atoms with van der Waals surface area (Å²) in [5.41, 5.74) is 2.48. The van der Waals surface area contributed by atoms with Crippen molar-refractivity contribution in [2.24, 2.45) is 0 Å². The molecule has 0 aliphatic rings. The molecule has 32 heavy (non-hydrogen) atoms. The lowest BCUT2D eigenvalue weighted by Crippen LogP contribution is -2.30. The molecular formula is C25H25N3O2S2. The maximum absolute atomic E-state index is 12.5. The molecule has 0 aliphatic heterocycles. The first-order valence-electron chi connectivity index (χ1n) is 10.5. The quantitative estimate of drug-likeness (QED) is 0.238. The number of rotatable bonds is 8. The zero-order chi connectivity index (χ0) is 22.5. The Hall–Kier alpha value is -2.90. The smallest absolute Gasteiger partial charge is 0.266 e. The number of hydrogen-bond donors (Lipinski definition) is 1. The fourth-order valence-electron chi connectivity index (χ4n) is 3.27. The number of hydrogen-bond acceptors (Lipinski definition) is 6. The van der Waals surface area contributed by atoms with Crippen molar-refractivity contribution in [3.63, 3.8) is 0 Å². The van der Waals surface area contributed by atoms with Crippen LogP contribution in [-0.4, -0.2) is 22.2 Å². The number of ether oxygens (including phenoxy) is 1. The Morgan fingerprint density at radius 1 is 1.00 bits per heavy atom. The van der Waals surface area contributed by atoms with Gasteiger partial charge < -0.3 is 4.74 Å². The van der Waals surface area contributed by atoms with Crippen molar-refractivity contribution in [1.82, 2.24) is 10.2 Å². The molecule has 0 fully saturated rings. The summed E-state index contributed by atoms with van der Waals surface area (Å²) in [4.78, 5) is 12.5. The van der Waals surface area contributed by atoms with E-state index in [0.717, 1.165) is 10.1 Å². The van der Waals surface area contributed by atoms with Gasteiger partial charge in [0.25, 0.3) is 5.91 Å². The predicted molar refractivity (Wildman–Crippen MR) is 133 cm³/mol. The van der Waals surface area contributed by atoms with E-state index in [9.17, 15) is 4.79 Å². The molecule has 0 aliphatic carbocycles. The molecule has 1 amide bonds. The van der Waals surface area contributed by atoms with E-state index in [1.165, 1.54) is 33.2 Å². The van der Waals surface area contributed by atoms with E-state index in [4.69, 9.17) is 4.74 Å². The minimum atomic E-state index is -0.643. The van der Waals surface area contributed by atoms with Gasteiger partial charge in [-0.25, -0.2) is 0 Å².